The number of amides is 1. The van der Waals surface area contributed by atoms with E-state index >= 15 is 0 Å². The minimum absolute atomic E-state index is 0.223. The number of hydrogen-bond acceptors (Lipinski definition) is 2. The summed E-state index contributed by atoms with van der Waals surface area (Å²) in [5.41, 5.74) is 3.47. The third kappa shape index (κ3) is 3.69. The third-order valence-corrected chi connectivity index (χ3v) is 6.02. The molecule has 3 aromatic carbocycles. The third-order valence-electron chi connectivity index (χ3n) is 5.46. The Morgan fingerprint density at radius 3 is 2.37 bits per heavy atom. The Hall–Kier alpha value is -2.82. The Balaban J connectivity index is 1.90. The van der Waals surface area contributed by atoms with Gasteiger partial charge < -0.3 is 10.0 Å². The Morgan fingerprint density at radius 1 is 1.00 bits per heavy atom. The van der Waals surface area contributed by atoms with Gasteiger partial charge in [0.05, 0.1) is 6.04 Å². The Morgan fingerprint density at radius 2 is 1.70 bits per heavy atom. The molecule has 2 unspecified atom stereocenters. The van der Waals surface area contributed by atoms with Crippen LogP contribution in [0.4, 0.5) is 0 Å². The molecule has 0 radical (unpaired) electrons. The molecule has 0 aromatic heterocycles. The van der Waals surface area contributed by atoms with Crippen molar-refractivity contribution in [1.29, 1.82) is 0 Å². The van der Waals surface area contributed by atoms with Crippen LogP contribution >= 0.6 is 23.2 Å². The van der Waals surface area contributed by atoms with E-state index < -0.39 is 17.9 Å². The van der Waals surface area contributed by atoms with E-state index in [0.29, 0.717) is 26.7 Å². The summed E-state index contributed by atoms with van der Waals surface area (Å²) >= 11 is 12.5. The molecule has 1 aliphatic heterocycles. The van der Waals surface area contributed by atoms with Crippen molar-refractivity contribution in [3.63, 3.8) is 0 Å². The fourth-order valence-corrected chi connectivity index (χ4v) is 4.53. The first-order valence-corrected chi connectivity index (χ1v) is 10.3. The molecule has 0 fully saturated rings. The van der Waals surface area contributed by atoms with E-state index in [4.69, 9.17) is 23.2 Å². The van der Waals surface area contributed by atoms with Crippen LogP contribution in [0.3, 0.4) is 0 Å². The van der Waals surface area contributed by atoms with Gasteiger partial charge in [-0.05, 0) is 41.8 Å². The molecule has 4 nitrogen and oxygen atoms in total. The normalized spacial score (nSPS) is 18.2. The standard InChI is InChI=1S/C24H19Cl2NO3/c1-14-6-8-15(9-7-14)13-27-22(19-11-10-16(25)12-20(19)26)21(24(29)30)17-4-2-3-5-18(17)23(27)28/h2-12,21-22H,13H2,1H3,(H,29,30). The van der Waals surface area contributed by atoms with E-state index in [-0.39, 0.29) is 12.5 Å². The molecule has 0 saturated heterocycles. The van der Waals surface area contributed by atoms with Gasteiger partial charge in [0.15, 0.2) is 0 Å². The first-order valence-electron chi connectivity index (χ1n) is 9.50. The number of halogens is 2. The number of carboxylic acid groups (broad SMARTS) is 1. The summed E-state index contributed by atoms with van der Waals surface area (Å²) in [6.45, 7) is 2.25. The minimum Gasteiger partial charge on any atom is -0.481 e. The molecular formula is C24H19Cl2NO3. The van der Waals surface area contributed by atoms with Crippen molar-refractivity contribution in [3.05, 3.63) is 105 Å². The molecule has 0 bridgehead atoms. The highest BCUT2D eigenvalue weighted by molar-refractivity contribution is 6.35. The predicted molar refractivity (Wildman–Crippen MR) is 117 cm³/mol. The van der Waals surface area contributed by atoms with Gasteiger partial charge in [0, 0.05) is 22.2 Å². The lowest BCUT2D eigenvalue weighted by Crippen LogP contribution is -2.44. The fraction of sp³-hybridized carbons (Fsp3) is 0.167. The highest BCUT2D eigenvalue weighted by Crippen LogP contribution is 2.45. The number of fused-ring (bicyclic) bond motifs is 1. The van der Waals surface area contributed by atoms with Gasteiger partial charge in [0.25, 0.3) is 5.91 Å². The predicted octanol–water partition coefficient (Wildman–Crippen LogP) is 5.87. The first kappa shape index (κ1) is 20.5. The lowest BCUT2D eigenvalue weighted by molar-refractivity contribution is -0.140. The number of carbonyl (C=O) groups is 2. The average Bonchev–Trinajstić information content (AvgIpc) is 2.71. The van der Waals surface area contributed by atoms with Crippen molar-refractivity contribution in [2.45, 2.75) is 25.4 Å². The van der Waals surface area contributed by atoms with Crippen LogP contribution in [0.25, 0.3) is 0 Å². The van der Waals surface area contributed by atoms with Gasteiger partial charge in [0.2, 0.25) is 0 Å². The molecular weight excluding hydrogens is 421 g/mol. The van der Waals surface area contributed by atoms with E-state index in [9.17, 15) is 14.7 Å². The number of hydrogen-bond donors (Lipinski definition) is 1. The summed E-state index contributed by atoms with van der Waals surface area (Å²) in [6, 6.07) is 18.9. The van der Waals surface area contributed by atoms with Crippen molar-refractivity contribution in [2.75, 3.05) is 0 Å². The van der Waals surface area contributed by atoms with Crippen molar-refractivity contribution in [3.8, 4) is 0 Å². The molecule has 1 heterocycles. The lowest BCUT2D eigenvalue weighted by atomic mass is 9.79. The second-order valence-electron chi connectivity index (χ2n) is 7.43. The van der Waals surface area contributed by atoms with Crippen LogP contribution in [0.1, 0.15) is 44.6 Å². The maximum absolute atomic E-state index is 13.5. The number of rotatable bonds is 4. The van der Waals surface area contributed by atoms with Gasteiger partial charge in [-0.1, -0.05) is 77.3 Å². The Kier molecular flexibility index (Phi) is 5.54. The number of benzene rings is 3. The van der Waals surface area contributed by atoms with Crippen LogP contribution in [0.2, 0.25) is 10.0 Å². The first-order chi connectivity index (χ1) is 14.4. The SMILES string of the molecule is Cc1ccc(CN2C(=O)c3ccccc3C(C(=O)O)C2c2ccc(Cl)cc2Cl)cc1. The Bertz CT molecular complexity index is 1130. The number of aryl methyl sites for hydroxylation is 1. The van der Waals surface area contributed by atoms with E-state index in [1.807, 2.05) is 31.2 Å². The topological polar surface area (TPSA) is 57.6 Å². The molecule has 6 heteroatoms. The van der Waals surface area contributed by atoms with Crippen molar-refractivity contribution in [2.24, 2.45) is 0 Å². The van der Waals surface area contributed by atoms with Crippen LogP contribution in [-0.2, 0) is 11.3 Å². The molecule has 1 N–H and O–H groups in total. The van der Waals surface area contributed by atoms with Crippen LogP contribution in [0, 0.1) is 6.92 Å². The van der Waals surface area contributed by atoms with Crippen LogP contribution < -0.4 is 0 Å². The molecule has 2 atom stereocenters. The highest BCUT2D eigenvalue weighted by Gasteiger charge is 2.44. The van der Waals surface area contributed by atoms with Gasteiger partial charge in [-0.25, -0.2) is 0 Å². The molecule has 4 rings (SSSR count). The van der Waals surface area contributed by atoms with Crippen LogP contribution in [0.5, 0.6) is 0 Å². The summed E-state index contributed by atoms with van der Waals surface area (Å²) in [5.74, 6) is -2.19. The lowest BCUT2D eigenvalue weighted by Gasteiger charge is -2.41. The zero-order valence-electron chi connectivity index (χ0n) is 16.2. The van der Waals surface area contributed by atoms with Gasteiger partial charge in [-0.3, -0.25) is 9.59 Å². The number of nitrogens with zero attached hydrogens (tertiary/aromatic N) is 1. The summed E-state index contributed by atoms with van der Waals surface area (Å²) in [5, 5.41) is 10.9. The van der Waals surface area contributed by atoms with Gasteiger partial charge in [0.1, 0.15) is 5.92 Å². The second kappa shape index (κ2) is 8.13. The second-order valence-corrected chi connectivity index (χ2v) is 8.28. The van der Waals surface area contributed by atoms with Crippen LogP contribution in [-0.4, -0.2) is 21.9 Å². The monoisotopic (exact) mass is 439 g/mol. The summed E-state index contributed by atoms with van der Waals surface area (Å²) in [7, 11) is 0. The molecule has 0 saturated carbocycles. The molecule has 0 aliphatic carbocycles. The smallest absolute Gasteiger partial charge is 0.313 e. The Labute approximate surface area is 184 Å². The number of carboxylic acids is 1. The van der Waals surface area contributed by atoms with Crippen molar-refractivity contribution >= 4 is 35.1 Å². The molecule has 1 amide bonds. The zero-order valence-corrected chi connectivity index (χ0v) is 17.7. The maximum Gasteiger partial charge on any atom is 0.313 e. The average molecular weight is 440 g/mol. The highest BCUT2D eigenvalue weighted by atomic mass is 35.5. The molecule has 0 spiro atoms. The fourth-order valence-electron chi connectivity index (χ4n) is 4.01. The summed E-state index contributed by atoms with van der Waals surface area (Å²) in [6.07, 6.45) is 0. The van der Waals surface area contributed by atoms with Gasteiger partial charge in [-0.15, -0.1) is 0 Å². The van der Waals surface area contributed by atoms with Crippen molar-refractivity contribution in [1.82, 2.24) is 4.90 Å². The van der Waals surface area contributed by atoms with Crippen molar-refractivity contribution < 1.29 is 14.7 Å². The molecule has 3 aromatic rings. The van der Waals surface area contributed by atoms with E-state index in [1.54, 1.807) is 47.4 Å². The minimum atomic E-state index is -1.01. The van der Waals surface area contributed by atoms with E-state index in [0.717, 1.165) is 11.1 Å². The van der Waals surface area contributed by atoms with Gasteiger partial charge >= 0.3 is 5.97 Å². The van der Waals surface area contributed by atoms with Gasteiger partial charge in [-0.2, -0.15) is 0 Å². The maximum atomic E-state index is 13.5. The number of aliphatic carboxylic acids is 1. The van der Waals surface area contributed by atoms with Crippen LogP contribution in [0.15, 0.2) is 66.7 Å². The van der Waals surface area contributed by atoms with E-state index in [1.165, 1.54) is 0 Å². The largest absolute Gasteiger partial charge is 0.481 e. The van der Waals surface area contributed by atoms with E-state index in [2.05, 4.69) is 0 Å². The quantitative estimate of drug-likeness (QED) is 0.552. The number of carbonyl (C=O) groups excluding carboxylic acids is 1. The summed E-state index contributed by atoms with van der Waals surface area (Å²) < 4.78 is 0. The molecule has 1 aliphatic rings. The molecule has 30 heavy (non-hydrogen) atoms. The zero-order chi connectivity index (χ0) is 21.4. The summed E-state index contributed by atoms with van der Waals surface area (Å²) in [4.78, 5) is 27.5. The molecule has 152 valence electrons.